The van der Waals surface area contributed by atoms with E-state index in [-0.39, 0.29) is 36.2 Å². The van der Waals surface area contributed by atoms with Crippen LogP contribution in [0, 0.1) is 5.92 Å². The van der Waals surface area contributed by atoms with Gasteiger partial charge in [-0.1, -0.05) is 0 Å². The van der Waals surface area contributed by atoms with Gasteiger partial charge in [-0.25, -0.2) is 13.2 Å². The number of rotatable bonds is 5. The molecule has 29 heavy (non-hydrogen) atoms. The minimum absolute atomic E-state index is 0.00189. The summed E-state index contributed by atoms with van der Waals surface area (Å²) in [5.74, 6) is -0.495. The van der Waals surface area contributed by atoms with E-state index in [1.54, 1.807) is 25.1 Å². The minimum Gasteiger partial charge on any atom is -0.462 e. The number of anilines is 1. The van der Waals surface area contributed by atoms with Gasteiger partial charge >= 0.3 is 5.97 Å². The number of carbonyl (C=O) groups excluding carboxylic acids is 2. The van der Waals surface area contributed by atoms with Crippen LogP contribution >= 0.6 is 11.3 Å². The number of amides is 1. The van der Waals surface area contributed by atoms with Crippen molar-refractivity contribution < 1.29 is 32.2 Å². The number of sulfone groups is 1. The fourth-order valence-corrected chi connectivity index (χ4v) is 6.01. The highest BCUT2D eigenvalue weighted by atomic mass is 32.2. The second kappa shape index (κ2) is 7.68. The summed E-state index contributed by atoms with van der Waals surface area (Å²) in [5, 5.41) is 2.72. The van der Waals surface area contributed by atoms with Gasteiger partial charge in [0.15, 0.2) is 21.3 Å². The van der Waals surface area contributed by atoms with E-state index < -0.39 is 27.6 Å². The van der Waals surface area contributed by atoms with E-state index in [1.165, 1.54) is 11.3 Å². The molecule has 0 bridgehead atoms. The maximum atomic E-state index is 12.6. The summed E-state index contributed by atoms with van der Waals surface area (Å²) >= 11 is 1.19. The first-order chi connectivity index (χ1) is 13.9. The highest BCUT2D eigenvalue weighted by Crippen LogP contribution is 2.40. The Morgan fingerprint density at radius 1 is 1.24 bits per heavy atom. The number of nitrogens with one attached hydrogen (secondary N) is 1. The minimum atomic E-state index is -3.19. The topological polar surface area (TPSA) is 108 Å². The van der Waals surface area contributed by atoms with E-state index in [9.17, 15) is 18.0 Å². The van der Waals surface area contributed by atoms with Gasteiger partial charge in [-0.3, -0.25) is 4.79 Å². The van der Waals surface area contributed by atoms with Crippen molar-refractivity contribution in [3.05, 3.63) is 29.1 Å². The molecular formula is C19H19NO7S2. The summed E-state index contributed by atoms with van der Waals surface area (Å²) in [6, 6.07) is 7.11. The molecule has 10 heteroatoms. The first-order valence-electron chi connectivity index (χ1n) is 9.08. The molecule has 1 atom stereocenters. The molecule has 154 valence electrons. The van der Waals surface area contributed by atoms with Crippen molar-refractivity contribution in [2.45, 2.75) is 13.3 Å². The number of hydrogen-bond acceptors (Lipinski definition) is 8. The zero-order valence-corrected chi connectivity index (χ0v) is 17.2. The highest BCUT2D eigenvalue weighted by molar-refractivity contribution is 7.91. The Balaban J connectivity index is 1.63. The molecular weight excluding hydrogens is 418 g/mol. The van der Waals surface area contributed by atoms with Crippen molar-refractivity contribution >= 4 is 38.7 Å². The number of thiophene rings is 1. The average Bonchev–Trinajstić information content (AvgIpc) is 3.39. The van der Waals surface area contributed by atoms with Crippen LogP contribution in [0.1, 0.15) is 23.0 Å². The van der Waals surface area contributed by atoms with Crippen LogP contribution in [-0.4, -0.2) is 45.2 Å². The average molecular weight is 437 g/mol. The molecule has 3 heterocycles. The maximum Gasteiger partial charge on any atom is 0.350 e. The summed E-state index contributed by atoms with van der Waals surface area (Å²) in [5.41, 5.74) is 1.11. The molecule has 2 aliphatic rings. The van der Waals surface area contributed by atoms with E-state index in [0.717, 1.165) is 10.4 Å². The Morgan fingerprint density at radius 3 is 2.76 bits per heavy atom. The fraction of sp³-hybridized carbons (Fsp3) is 0.368. The van der Waals surface area contributed by atoms with E-state index in [2.05, 4.69) is 5.32 Å². The lowest BCUT2D eigenvalue weighted by molar-refractivity contribution is -0.119. The predicted octanol–water partition coefficient (Wildman–Crippen LogP) is 2.69. The molecule has 0 aliphatic carbocycles. The summed E-state index contributed by atoms with van der Waals surface area (Å²) < 4.78 is 39.2. The largest absolute Gasteiger partial charge is 0.462 e. The summed E-state index contributed by atoms with van der Waals surface area (Å²) in [4.78, 5) is 26.0. The first kappa shape index (κ1) is 19.7. The van der Waals surface area contributed by atoms with Crippen LogP contribution in [0.3, 0.4) is 0 Å². The number of esters is 1. The van der Waals surface area contributed by atoms with Crippen molar-refractivity contribution in [3.63, 3.8) is 0 Å². The Hall–Kier alpha value is -2.59. The summed E-state index contributed by atoms with van der Waals surface area (Å²) in [7, 11) is -3.19. The summed E-state index contributed by atoms with van der Waals surface area (Å²) in [6.45, 7) is 2.05. The molecule has 1 N–H and O–H groups in total. The molecule has 4 rings (SSSR count). The van der Waals surface area contributed by atoms with Crippen LogP contribution < -0.4 is 14.8 Å². The molecule has 8 nitrogen and oxygen atoms in total. The van der Waals surface area contributed by atoms with Gasteiger partial charge in [-0.15, -0.1) is 11.3 Å². The molecule has 2 aromatic rings. The van der Waals surface area contributed by atoms with Crippen molar-refractivity contribution in [3.8, 4) is 21.9 Å². The maximum absolute atomic E-state index is 12.6. The molecule has 1 fully saturated rings. The fourth-order valence-electron chi connectivity index (χ4n) is 3.26. The van der Waals surface area contributed by atoms with E-state index in [1.807, 2.05) is 6.07 Å². The molecule has 2 aliphatic heterocycles. The second-order valence-electron chi connectivity index (χ2n) is 6.73. The van der Waals surface area contributed by atoms with Gasteiger partial charge in [-0.2, -0.15) is 0 Å². The molecule has 1 amide bonds. The van der Waals surface area contributed by atoms with Crippen LogP contribution in [0.15, 0.2) is 24.3 Å². The predicted molar refractivity (Wildman–Crippen MR) is 107 cm³/mol. The number of hydrogen-bond donors (Lipinski definition) is 1. The van der Waals surface area contributed by atoms with Crippen LogP contribution in [0.2, 0.25) is 0 Å². The Kier molecular flexibility index (Phi) is 5.22. The van der Waals surface area contributed by atoms with Crippen molar-refractivity contribution in [1.82, 2.24) is 0 Å². The molecule has 0 unspecified atom stereocenters. The second-order valence-corrected chi connectivity index (χ2v) is 10.0. The third kappa shape index (κ3) is 4.08. The lowest BCUT2D eigenvalue weighted by atomic mass is 10.1. The molecule has 1 aromatic heterocycles. The molecule has 0 spiro atoms. The Morgan fingerprint density at radius 2 is 2.03 bits per heavy atom. The van der Waals surface area contributed by atoms with Crippen LogP contribution in [-0.2, 0) is 19.4 Å². The molecule has 1 aromatic carbocycles. The third-order valence-electron chi connectivity index (χ3n) is 4.71. The number of ether oxygens (including phenoxy) is 3. The SMILES string of the molecule is CCOC(=O)c1sc(-c2ccc3c(c2)OCO3)cc1NC(=O)[C@@H]1CCS(=O)(=O)C1. The van der Waals surface area contributed by atoms with Crippen molar-refractivity contribution in [1.29, 1.82) is 0 Å². The normalized spacial score (nSPS) is 19.1. The van der Waals surface area contributed by atoms with Gasteiger partial charge in [0, 0.05) is 4.88 Å². The Labute approximate surface area is 171 Å². The van der Waals surface area contributed by atoms with E-state index >= 15 is 0 Å². The zero-order chi connectivity index (χ0) is 20.6. The van der Waals surface area contributed by atoms with Gasteiger partial charge in [0.25, 0.3) is 0 Å². The first-order valence-corrected chi connectivity index (χ1v) is 11.7. The number of fused-ring (bicyclic) bond motifs is 1. The quantitative estimate of drug-likeness (QED) is 0.717. The van der Waals surface area contributed by atoms with Gasteiger partial charge in [0.05, 0.1) is 29.7 Å². The molecule has 0 saturated carbocycles. The van der Waals surface area contributed by atoms with Crippen LogP contribution in [0.25, 0.3) is 10.4 Å². The standard InChI is InChI=1S/C19H19NO7S2/c1-2-25-19(22)17-13(20-18(21)12-5-6-29(23,24)9-12)8-16(28-17)11-3-4-14-15(7-11)27-10-26-14/h3-4,7-8,12H,2,5-6,9-10H2,1H3,(H,20,21)/t12-/m1/s1. The Bertz CT molecular complexity index is 1070. The summed E-state index contributed by atoms with van der Waals surface area (Å²) in [6.07, 6.45) is 0.280. The van der Waals surface area contributed by atoms with Crippen LogP contribution in [0.5, 0.6) is 11.5 Å². The molecule has 0 radical (unpaired) electrons. The lowest BCUT2D eigenvalue weighted by Gasteiger charge is -2.09. The van der Waals surface area contributed by atoms with Gasteiger partial charge in [0.2, 0.25) is 12.7 Å². The van der Waals surface area contributed by atoms with Gasteiger partial charge < -0.3 is 19.5 Å². The third-order valence-corrected chi connectivity index (χ3v) is 7.64. The monoisotopic (exact) mass is 437 g/mol. The smallest absolute Gasteiger partial charge is 0.350 e. The van der Waals surface area contributed by atoms with Crippen LogP contribution in [0.4, 0.5) is 5.69 Å². The number of benzene rings is 1. The van der Waals surface area contributed by atoms with Gasteiger partial charge in [0.1, 0.15) is 4.88 Å². The van der Waals surface area contributed by atoms with Crippen molar-refractivity contribution in [2.24, 2.45) is 5.92 Å². The number of carbonyl (C=O) groups is 2. The van der Waals surface area contributed by atoms with Gasteiger partial charge in [-0.05, 0) is 43.2 Å². The van der Waals surface area contributed by atoms with Crippen molar-refractivity contribution in [2.75, 3.05) is 30.2 Å². The lowest BCUT2D eigenvalue weighted by Crippen LogP contribution is -2.24. The highest BCUT2D eigenvalue weighted by Gasteiger charge is 2.34. The molecule has 1 saturated heterocycles. The van der Waals surface area contributed by atoms with E-state index in [0.29, 0.717) is 17.2 Å². The zero-order valence-electron chi connectivity index (χ0n) is 15.6. The van der Waals surface area contributed by atoms with E-state index in [4.69, 9.17) is 14.2 Å².